The molecule has 0 unspecified atom stereocenters. The van der Waals surface area contributed by atoms with Crippen molar-refractivity contribution in [3.05, 3.63) is 59.3 Å². The molecule has 30 heavy (non-hydrogen) atoms. The number of nitrogens with one attached hydrogen (secondary N) is 1. The van der Waals surface area contributed by atoms with Crippen LogP contribution < -0.4 is 24.3 Å². The van der Waals surface area contributed by atoms with Crippen LogP contribution in [0.4, 0.5) is 5.82 Å². The molecule has 2 aromatic carbocycles. The summed E-state index contributed by atoms with van der Waals surface area (Å²) in [6, 6.07) is 11.5. The summed E-state index contributed by atoms with van der Waals surface area (Å²) in [5.74, 6) is 3.17. The summed E-state index contributed by atoms with van der Waals surface area (Å²) in [7, 11) is 3.21. The monoisotopic (exact) mass is 407 g/mol. The van der Waals surface area contributed by atoms with Gasteiger partial charge in [-0.2, -0.15) is 5.10 Å². The predicted molar refractivity (Wildman–Crippen MR) is 109 cm³/mol. The number of ether oxygens (including phenoxy) is 4. The van der Waals surface area contributed by atoms with Gasteiger partial charge in [-0.3, -0.25) is 4.79 Å². The Kier molecular flexibility index (Phi) is 4.46. The Morgan fingerprint density at radius 2 is 2.00 bits per heavy atom. The van der Waals surface area contributed by atoms with Gasteiger partial charge in [-0.25, -0.2) is 4.68 Å². The van der Waals surface area contributed by atoms with Gasteiger partial charge in [0.2, 0.25) is 12.7 Å². The van der Waals surface area contributed by atoms with Crippen LogP contribution in [0.15, 0.2) is 42.6 Å². The number of rotatable bonds is 5. The minimum Gasteiger partial charge on any atom is -0.493 e. The van der Waals surface area contributed by atoms with E-state index in [0.29, 0.717) is 30.3 Å². The zero-order valence-corrected chi connectivity index (χ0v) is 16.7. The molecule has 0 spiro atoms. The second-order valence-corrected chi connectivity index (χ2v) is 7.18. The van der Waals surface area contributed by atoms with E-state index in [1.54, 1.807) is 18.9 Å². The Morgan fingerprint density at radius 1 is 1.13 bits per heavy atom. The molecule has 2 aliphatic rings. The van der Waals surface area contributed by atoms with E-state index in [9.17, 15) is 4.79 Å². The van der Waals surface area contributed by atoms with Crippen molar-refractivity contribution >= 4 is 11.7 Å². The molecule has 8 nitrogen and oxygen atoms in total. The highest BCUT2D eigenvalue weighted by molar-refractivity contribution is 5.94. The lowest BCUT2D eigenvalue weighted by Gasteiger charge is -2.25. The summed E-state index contributed by atoms with van der Waals surface area (Å²) in [6.45, 7) is 0.726. The highest BCUT2D eigenvalue weighted by Crippen LogP contribution is 2.44. The summed E-state index contributed by atoms with van der Waals surface area (Å²) in [6.07, 6.45) is 2.12. The molecule has 1 N–H and O–H groups in total. The number of nitrogens with zero attached hydrogens (tertiary/aromatic N) is 2. The minimum atomic E-state index is -0.177. The highest BCUT2D eigenvalue weighted by atomic mass is 16.7. The van der Waals surface area contributed by atoms with Gasteiger partial charge in [0.25, 0.3) is 0 Å². The lowest BCUT2D eigenvalue weighted by atomic mass is 9.86. The molecular formula is C22H21N3O5. The maximum Gasteiger partial charge on any atom is 0.231 e. The molecule has 3 heterocycles. The topological polar surface area (TPSA) is 83.8 Å². The van der Waals surface area contributed by atoms with Crippen molar-refractivity contribution in [1.29, 1.82) is 0 Å². The van der Waals surface area contributed by atoms with Crippen LogP contribution in [-0.2, 0) is 11.3 Å². The molecule has 3 aromatic rings. The first-order valence-corrected chi connectivity index (χ1v) is 9.63. The number of carbonyl (C=O) groups excluding carboxylic acids is 1. The number of methoxy groups -OCH3 is 2. The molecule has 0 aliphatic carbocycles. The van der Waals surface area contributed by atoms with Gasteiger partial charge in [0.15, 0.2) is 23.0 Å². The van der Waals surface area contributed by atoms with Gasteiger partial charge in [-0.15, -0.1) is 0 Å². The Labute approximate surface area is 173 Å². The van der Waals surface area contributed by atoms with Crippen LogP contribution in [0.3, 0.4) is 0 Å². The van der Waals surface area contributed by atoms with Crippen LogP contribution in [-0.4, -0.2) is 36.7 Å². The van der Waals surface area contributed by atoms with Crippen molar-refractivity contribution < 1.29 is 23.7 Å². The van der Waals surface area contributed by atoms with Crippen molar-refractivity contribution in [3.8, 4) is 23.0 Å². The minimum absolute atomic E-state index is 0.0650. The molecule has 1 aromatic heterocycles. The van der Waals surface area contributed by atoms with Crippen LogP contribution in [0.1, 0.15) is 29.0 Å². The third kappa shape index (κ3) is 3.01. The van der Waals surface area contributed by atoms with Crippen LogP contribution in [0.25, 0.3) is 0 Å². The molecule has 154 valence electrons. The Morgan fingerprint density at radius 3 is 2.83 bits per heavy atom. The van der Waals surface area contributed by atoms with E-state index in [-0.39, 0.29) is 18.6 Å². The Hall–Kier alpha value is -3.68. The van der Waals surface area contributed by atoms with Crippen LogP contribution >= 0.6 is 0 Å². The molecule has 0 saturated carbocycles. The highest BCUT2D eigenvalue weighted by Gasteiger charge is 2.32. The maximum absolute atomic E-state index is 12.6. The summed E-state index contributed by atoms with van der Waals surface area (Å²) in [5.41, 5.74) is 2.85. The SMILES string of the molecule is COc1cccc([C@H]2CC(=O)Nc3c2cnn3Cc2ccc3c(c2)OCO3)c1OC. The number of hydrogen-bond donors (Lipinski definition) is 1. The molecule has 8 heteroatoms. The van der Waals surface area contributed by atoms with Crippen LogP contribution in [0, 0.1) is 0 Å². The first kappa shape index (κ1) is 18.4. The molecule has 0 saturated heterocycles. The Balaban J connectivity index is 1.52. The fraction of sp³-hybridized carbons (Fsp3) is 0.273. The van der Waals surface area contributed by atoms with Gasteiger partial charge < -0.3 is 24.3 Å². The third-order valence-electron chi connectivity index (χ3n) is 5.47. The first-order chi connectivity index (χ1) is 14.7. The van der Waals surface area contributed by atoms with Crippen LogP contribution in [0.2, 0.25) is 0 Å². The van der Waals surface area contributed by atoms with Crippen LogP contribution in [0.5, 0.6) is 23.0 Å². The average molecular weight is 407 g/mol. The van der Waals surface area contributed by atoms with E-state index in [2.05, 4.69) is 10.4 Å². The fourth-order valence-corrected chi connectivity index (χ4v) is 4.07. The van der Waals surface area contributed by atoms with Gasteiger partial charge in [0.1, 0.15) is 5.82 Å². The number of aromatic nitrogens is 2. The second kappa shape index (κ2) is 7.29. The number of amides is 1. The predicted octanol–water partition coefficient (Wildman–Crippen LogP) is 3.15. The van der Waals surface area contributed by atoms with Gasteiger partial charge in [-0.1, -0.05) is 18.2 Å². The molecule has 1 amide bonds. The second-order valence-electron chi connectivity index (χ2n) is 7.18. The smallest absolute Gasteiger partial charge is 0.231 e. The molecule has 0 fully saturated rings. The maximum atomic E-state index is 12.6. The normalized spacial score (nSPS) is 16.7. The number of carbonyl (C=O) groups is 1. The number of hydrogen-bond acceptors (Lipinski definition) is 6. The Bertz CT molecular complexity index is 1120. The van der Waals surface area contributed by atoms with Gasteiger partial charge in [-0.05, 0) is 23.8 Å². The molecular weight excluding hydrogens is 386 g/mol. The van der Waals surface area contributed by atoms with Crippen molar-refractivity contribution in [2.45, 2.75) is 18.9 Å². The standard InChI is InChI=1S/C22H21N3O5/c1-27-18-5-3-4-14(21(18)28-2)15-9-20(26)24-22-16(15)10-23-25(22)11-13-6-7-17-19(8-13)30-12-29-17/h3-8,10,15H,9,11-12H2,1-2H3,(H,24,26)/t15-/m1/s1. The van der Waals surface area contributed by atoms with E-state index in [4.69, 9.17) is 18.9 Å². The molecule has 5 rings (SSSR count). The summed E-state index contributed by atoms with van der Waals surface area (Å²) in [5, 5.41) is 7.53. The zero-order valence-electron chi connectivity index (χ0n) is 16.7. The van der Waals surface area contributed by atoms with Gasteiger partial charge >= 0.3 is 0 Å². The molecule has 0 bridgehead atoms. The summed E-state index contributed by atoms with van der Waals surface area (Å²) in [4.78, 5) is 12.6. The number of anilines is 1. The quantitative estimate of drug-likeness (QED) is 0.700. The number of para-hydroxylation sites is 1. The molecule has 2 aliphatic heterocycles. The first-order valence-electron chi connectivity index (χ1n) is 9.63. The van der Waals surface area contributed by atoms with Gasteiger partial charge in [0, 0.05) is 23.5 Å². The fourth-order valence-electron chi connectivity index (χ4n) is 4.07. The lowest BCUT2D eigenvalue weighted by Crippen LogP contribution is -2.25. The van der Waals surface area contributed by atoms with Gasteiger partial charge in [0.05, 0.1) is 27.0 Å². The molecule has 1 atom stereocenters. The summed E-state index contributed by atoms with van der Waals surface area (Å²) >= 11 is 0. The van der Waals surface area contributed by atoms with E-state index >= 15 is 0 Å². The van der Waals surface area contributed by atoms with E-state index in [1.807, 2.05) is 42.6 Å². The van der Waals surface area contributed by atoms with Crippen molar-refractivity contribution in [1.82, 2.24) is 9.78 Å². The van der Waals surface area contributed by atoms with Crippen molar-refractivity contribution in [2.24, 2.45) is 0 Å². The van der Waals surface area contributed by atoms with E-state index < -0.39 is 0 Å². The number of benzene rings is 2. The van der Waals surface area contributed by atoms with E-state index in [0.717, 1.165) is 28.2 Å². The lowest BCUT2D eigenvalue weighted by molar-refractivity contribution is -0.116. The van der Waals surface area contributed by atoms with E-state index in [1.165, 1.54) is 0 Å². The number of fused-ring (bicyclic) bond motifs is 2. The van der Waals surface area contributed by atoms with Crippen molar-refractivity contribution in [3.63, 3.8) is 0 Å². The largest absolute Gasteiger partial charge is 0.493 e. The zero-order chi connectivity index (χ0) is 20.7. The third-order valence-corrected chi connectivity index (χ3v) is 5.47. The molecule has 0 radical (unpaired) electrons. The van der Waals surface area contributed by atoms with Crippen molar-refractivity contribution in [2.75, 3.05) is 26.3 Å². The summed E-state index contributed by atoms with van der Waals surface area (Å²) < 4.78 is 23.7. The average Bonchev–Trinajstić information content (AvgIpc) is 3.39.